The molecule has 2 aromatic carbocycles. The molecule has 2 aromatic heterocycles. The summed E-state index contributed by atoms with van der Waals surface area (Å²) in [5.41, 5.74) is 4.15. The maximum atomic E-state index is 14.8. The van der Waals surface area contributed by atoms with E-state index in [4.69, 9.17) is 4.98 Å². The standard InChI is InChI=1S/C29H28FN7O/c1-36-26-8-5-18(13-21(26)17-33-36)23-15-24(29(38)34-22-6-7-22)28(37-11-2-9-32-10-12-37)35-27(23)19-3-4-20(16-31)25(30)14-19/h3-5,8,13-15,17,22,32H,2,6-7,9-12H2,1H3,(H,34,38). The zero-order chi connectivity index (χ0) is 26.2. The number of benzene rings is 2. The number of nitriles is 1. The van der Waals surface area contributed by atoms with Gasteiger partial charge in [0.15, 0.2) is 0 Å². The highest BCUT2D eigenvalue weighted by molar-refractivity contribution is 6.02. The van der Waals surface area contributed by atoms with Crippen LogP contribution in [-0.2, 0) is 7.05 Å². The van der Waals surface area contributed by atoms with E-state index in [0.717, 1.165) is 60.9 Å². The number of pyridine rings is 1. The molecule has 6 rings (SSSR count). The number of anilines is 1. The summed E-state index contributed by atoms with van der Waals surface area (Å²) in [6.07, 6.45) is 4.68. The largest absolute Gasteiger partial charge is 0.355 e. The minimum Gasteiger partial charge on any atom is -0.355 e. The monoisotopic (exact) mass is 509 g/mol. The molecule has 4 aromatic rings. The number of nitrogens with zero attached hydrogens (tertiary/aromatic N) is 5. The van der Waals surface area contributed by atoms with Gasteiger partial charge in [-0.05, 0) is 61.7 Å². The first-order valence-electron chi connectivity index (χ1n) is 13.0. The first-order chi connectivity index (χ1) is 18.5. The van der Waals surface area contributed by atoms with E-state index in [2.05, 4.69) is 20.6 Å². The van der Waals surface area contributed by atoms with Crippen molar-refractivity contribution in [1.82, 2.24) is 25.4 Å². The van der Waals surface area contributed by atoms with Gasteiger partial charge in [-0.1, -0.05) is 12.1 Å². The quantitative estimate of drug-likeness (QED) is 0.422. The van der Waals surface area contributed by atoms with Crippen molar-refractivity contribution in [2.45, 2.75) is 25.3 Å². The van der Waals surface area contributed by atoms with Crippen molar-refractivity contribution in [2.24, 2.45) is 7.05 Å². The fourth-order valence-corrected chi connectivity index (χ4v) is 4.98. The molecule has 38 heavy (non-hydrogen) atoms. The molecule has 0 bridgehead atoms. The number of aryl methyl sites for hydroxylation is 1. The van der Waals surface area contributed by atoms with E-state index in [1.165, 1.54) is 12.1 Å². The van der Waals surface area contributed by atoms with E-state index >= 15 is 0 Å². The Balaban J connectivity index is 1.58. The molecular formula is C29H28FN7O. The zero-order valence-electron chi connectivity index (χ0n) is 21.2. The van der Waals surface area contributed by atoms with Crippen molar-refractivity contribution in [1.29, 1.82) is 5.26 Å². The predicted octanol–water partition coefficient (Wildman–Crippen LogP) is 4.00. The van der Waals surface area contributed by atoms with E-state index in [9.17, 15) is 14.4 Å². The summed E-state index contributed by atoms with van der Waals surface area (Å²) >= 11 is 0. The second-order valence-corrected chi connectivity index (χ2v) is 9.94. The fraction of sp³-hybridized carbons (Fsp3) is 0.310. The van der Waals surface area contributed by atoms with Gasteiger partial charge in [-0.2, -0.15) is 10.4 Å². The molecule has 9 heteroatoms. The van der Waals surface area contributed by atoms with E-state index < -0.39 is 5.82 Å². The summed E-state index contributed by atoms with van der Waals surface area (Å²) in [7, 11) is 1.89. The average Bonchev–Trinajstić information content (AvgIpc) is 3.72. The maximum Gasteiger partial charge on any atom is 0.255 e. The van der Waals surface area contributed by atoms with Gasteiger partial charge in [0.25, 0.3) is 5.91 Å². The second kappa shape index (κ2) is 9.88. The van der Waals surface area contributed by atoms with Gasteiger partial charge < -0.3 is 15.5 Å². The zero-order valence-corrected chi connectivity index (χ0v) is 21.2. The molecule has 8 nitrogen and oxygen atoms in total. The van der Waals surface area contributed by atoms with Crippen LogP contribution in [0.1, 0.15) is 35.2 Å². The third-order valence-electron chi connectivity index (χ3n) is 7.22. The van der Waals surface area contributed by atoms with Gasteiger partial charge in [-0.15, -0.1) is 0 Å². The van der Waals surface area contributed by atoms with Crippen molar-refractivity contribution >= 4 is 22.6 Å². The van der Waals surface area contributed by atoms with Crippen LogP contribution in [0.5, 0.6) is 0 Å². The number of amides is 1. The highest BCUT2D eigenvalue weighted by Crippen LogP contribution is 2.37. The molecule has 1 amide bonds. The van der Waals surface area contributed by atoms with Crippen LogP contribution in [0.3, 0.4) is 0 Å². The molecule has 1 aliphatic carbocycles. The summed E-state index contributed by atoms with van der Waals surface area (Å²) in [6, 6.07) is 14.5. The van der Waals surface area contributed by atoms with Crippen LogP contribution in [0, 0.1) is 17.1 Å². The van der Waals surface area contributed by atoms with Gasteiger partial charge in [0.1, 0.15) is 17.7 Å². The minimum absolute atomic E-state index is 0.0219. The number of hydrogen-bond acceptors (Lipinski definition) is 6. The lowest BCUT2D eigenvalue weighted by Gasteiger charge is -2.26. The van der Waals surface area contributed by atoms with Crippen molar-refractivity contribution in [3.05, 3.63) is 65.6 Å². The minimum atomic E-state index is -0.600. The lowest BCUT2D eigenvalue weighted by atomic mass is 9.95. The van der Waals surface area contributed by atoms with Crippen molar-refractivity contribution in [2.75, 3.05) is 31.1 Å². The van der Waals surface area contributed by atoms with E-state index in [0.29, 0.717) is 29.2 Å². The van der Waals surface area contributed by atoms with Crippen LogP contribution < -0.4 is 15.5 Å². The molecule has 0 unspecified atom stereocenters. The van der Waals surface area contributed by atoms with Crippen LogP contribution in [0.25, 0.3) is 33.3 Å². The summed E-state index contributed by atoms with van der Waals surface area (Å²) in [5, 5.41) is 21.1. The Morgan fingerprint density at radius 3 is 2.76 bits per heavy atom. The molecule has 2 aliphatic rings. The number of hydrogen-bond donors (Lipinski definition) is 2. The van der Waals surface area contributed by atoms with Crippen LogP contribution in [0.4, 0.5) is 10.2 Å². The van der Waals surface area contributed by atoms with Gasteiger partial charge in [-0.3, -0.25) is 9.48 Å². The first kappa shape index (κ1) is 24.1. The van der Waals surface area contributed by atoms with E-state index in [1.807, 2.05) is 37.4 Å². The summed E-state index contributed by atoms with van der Waals surface area (Å²) in [6.45, 7) is 3.15. The Bertz CT molecular complexity index is 1580. The van der Waals surface area contributed by atoms with Gasteiger partial charge in [0.05, 0.1) is 28.5 Å². The Labute approximate surface area is 220 Å². The lowest BCUT2D eigenvalue weighted by molar-refractivity contribution is 0.0951. The first-order valence-corrected chi connectivity index (χ1v) is 13.0. The molecule has 1 aliphatic heterocycles. The molecule has 1 saturated heterocycles. The molecule has 2 N–H and O–H groups in total. The lowest BCUT2D eigenvalue weighted by Crippen LogP contribution is -2.33. The fourth-order valence-electron chi connectivity index (χ4n) is 4.98. The summed E-state index contributed by atoms with van der Waals surface area (Å²) in [4.78, 5) is 20.7. The number of rotatable bonds is 5. The Morgan fingerprint density at radius 2 is 1.97 bits per heavy atom. The second-order valence-electron chi connectivity index (χ2n) is 9.94. The molecule has 2 fully saturated rings. The maximum absolute atomic E-state index is 14.8. The molecule has 0 spiro atoms. The number of aromatic nitrogens is 3. The molecular weight excluding hydrogens is 481 g/mol. The number of nitrogens with one attached hydrogen (secondary N) is 2. The van der Waals surface area contributed by atoms with E-state index in [1.54, 1.807) is 16.9 Å². The third-order valence-corrected chi connectivity index (χ3v) is 7.22. The average molecular weight is 510 g/mol. The van der Waals surface area contributed by atoms with Crippen molar-refractivity contribution in [3.63, 3.8) is 0 Å². The molecule has 192 valence electrons. The van der Waals surface area contributed by atoms with Crippen LogP contribution >= 0.6 is 0 Å². The molecule has 0 atom stereocenters. The molecule has 1 saturated carbocycles. The smallest absolute Gasteiger partial charge is 0.255 e. The molecule has 0 radical (unpaired) electrons. The number of carbonyl (C=O) groups is 1. The number of fused-ring (bicyclic) bond motifs is 1. The van der Waals surface area contributed by atoms with Crippen molar-refractivity contribution < 1.29 is 9.18 Å². The Morgan fingerprint density at radius 1 is 1.13 bits per heavy atom. The van der Waals surface area contributed by atoms with Crippen LogP contribution in [0.2, 0.25) is 0 Å². The summed E-state index contributed by atoms with van der Waals surface area (Å²) < 4.78 is 16.6. The Hall–Kier alpha value is -4.29. The Kier molecular flexibility index (Phi) is 6.26. The highest BCUT2D eigenvalue weighted by atomic mass is 19.1. The normalized spacial score (nSPS) is 15.8. The molecule has 3 heterocycles. The van der Waals surface area contributed by atoms with Gasteiger partial charge in [-0.25, -0.2) is 9.37 Å². The highest BCUT2D eigenvalue weighted by Gasteiger charge is 2.28. The predicted molar refractivity (Wildman–Crippen MR) is 144 cm³/mol. The number of carbonyl (C=O) groups excluding carboxylic acids is 1. The number of halogens is 1. The van der Waals surface area contributed by atoms with Gasteiger partial charge >= 0.3 is 0 Å². The van der Waals surface area contributed by atoms with Gasteiger partial charge in [0.2, 0.25) is 0 Å². The van der Waals surface area contributed by atoms with Crippen LogP contribution in [0.15, 0.2) is 48.7 Å². The van der Waals surface area contributed by atoms with E-state index in [-0.39, 0.29) is 17.5 Å². The third kappa shape index (κ3) is 4.59. The van der Waals surface area contributed by atoms with Crippen molar-refractivity contribution in [3.8, 4) is 28.5 Å². The summed E-state index contributed by atoms with van der Waals surface area (Å²) in [5.74, 6) is -0.150. The SMILES string of the molecule is Cn1ncc2cc(-c3cc(C(=O)NC4CC4)c(N4CCCNCC4)nc3-c3ccc(C#N)c(F)c3)ccc21. The van der Waals surface area contributed by atoms with Crippen LogP contribution in [-0.4, -0.2) is 52.9 Å². The topological polar surface area (TPSA) is 98.9 Å². The van der Waals surface area contributed by atoms with Gasteiger partial charge in [0, 0.05) is 49.2 Å².